The minimum Gasteiger partial charge on any atom is -0.497 e. The molecule has 1 heterocycles. The van der Waals surface area contributed by atoms with Gasteiger partial charge in [0.2, 0.25) is 0 Å². The van der Waals surface area contributed by atoms with Crippen molar-refractivity contribution < 1.29 is 14.3 Å². The van der Waals surface area contributed by atoms with Crippen LogP contribution in [-0.4, -0.2) is 24.5 Å². The number of methoxy groups -OCH3 is 2. The lowest BCUT2D eigenvalue weighted by Crippen LogP contribution is -2.03. The van der Waals surface area contributed by atoms with Crippen LogP contribution in [0.2, 0.25) is 0 Å². The molecule has 0 saturated heterocycles. The van der Waals surface area contributed by atoms with Crippen molar-refractivity contribution in [2.45, 2.75) is 20.5 Å². The summed E-state index contributed by atoms with van der Waals surface area (Å²) >= 11 is 0. The Morgan fingerprint density at radius 1 is 0.848 bits per heavy atom. The molecule has 5 heteroatoms. The van der Waals surface area contributed by atoms with E-state index in [2.05, 4.69) is 40.9 Å². The molecule has 0 fully saturated rings. The van der Waals surface area contributed by atoms with Gasteiger partial charge in [0.1, 0.15) is 18.1 Å². The van der Waals surface area contributed by atoms with Crippen LogP contribution in [0.4, 0.5) is 0 Å². The first kappa shape index (κ1) is 22.2. The predicted octanol–water partition coefficient (Wildman–Crippen LogP) is 6.41. The zero-order valence-corrected chi connectivity index (χ0v) is 19.4. The van der Waals surface area contributed by atoms with E-state index >= 15 is 0 Å². The van der Waals surface area contributed by atoms with E-state index in [-0.39, 0.29) is 0 Å². The summed E-state index contributed by atoms with van der Waals surface area (Å²) in [5, 5.41) is 4.42. The smallest absolute Gasteiger partial charge is 0.145 e. The second-order valence-corrected chi connectivity index (χ2v) is 7.69. The molecule has 0 amide bonds. The fraction of sp³-hybridized carbons (Fsp3) is 0.179. The molecule has 33 heavy (non-hydrogen) atoms. The SMILES string of the molecule is COc1cccc(-n2c(-c3ccccc3)cc(/C(C)=N\OCc3ccccc3OC)c2C)c1. The lowest BCUT2D eigenvalue weighted by Gasteiger charge is -2.13. The Bertz CT molecular complexity index is 1260. The van der Waals surface area contributed by atoms with Crippen molar-refractivity contribution in [3.63, 3.8) is 0 Å². The van der Waals surface area contributed by atoms with E-state index in [1.165, 1.54) is 0 Å². The van der Waals surface area contributed by atoms with Crippen LogP contribution in [0, 0.1) is 6.92 Å². The molecule has 0 aliphatic rings. The molecular formula is C28H28N2O3. The van der Waals surface area contributed by atoms with Crippen LogP contribution in [0.15, 0.2) is 90.1 Å². The number of hydrogen-bond acceptors (Lipinski definition) is 4. The molecule has 0 spiro atoms. The maximum atomic E-state index is 5.71. The van der Waals surface area contributed by atoms with Crippen LogP contribution in [-0.2, 0) is 11.4 Å². The highest BCUT2D eigenvalue weighted by Crippen LogP contribution is 2.31. The second kappa shape index (κ2) is 10.1. The standard InChI is InChI=1S/C28H28N2O3/c1-20(29-33-19-23-13-8-9-16-28(23)32-4)26-18-27(22-11-6-5-7-12-22)30(21(26)2)24-14-10-15-25(17-24)31-3/h5-18H,19H2,1-4H3/b29-20-. The first-order valence-electron chi connectivity index (χ1n) is 10.8. The Morgan fingerprint density at radius 2 is 1.61 bits per heavy atom. The number of benzene rings is 3. The summed E-state index contributed by atoms with van der Waals surface area (Å²) < 4.78 is 13.1. The summed E-state index contributed by atoms with van der Waals surface area (Å²) in [6.07, 6.45) is 0. The van der Waals surface area contributed by atoms with Crippen LogP contribution in [0.1, 0.15) is 23.7 Å². The van der Waals surface area contributed by atoms with Gasteiger partial charge in [-0.05, 0) is 43.7 Å². The summed E-state index contributed by atoms with van der Waals surface area (Å²) in [5.74, 6) is 1.60. The monoisotopic (exact) mass is 440 g/mol. The van der Waals surface area contributed by atoms with Crippen molar-refractivity contribution in [2.75, 3.05) is 14.2 Å². The minimum absolute atomic E-state index is 0.336. The third-order valence-corrected chi connectivity index (χ3v) is 5.63. The van der Waals surface area contributed by atoms with Gasteiger partial charge in [0, 0.05) is 28.6 Å². The highest BCUT2D eigenvalue weighted by atomic mass is 16.6. The Labute approximate surface area is 194 Å². The molecule has 4 rings (SSSR count). The molecule has 0 unspecified atom stereocenters. The highest BCUT2D eigenvalue weighted by Gasteiger charge is 2.17. The van der Waals surface area contributed by atoms with Gasteiger partial charge in [-0.25, -0.2) is 0 Å². The predicted molar refractivity (Wildman–Crippen MR) is 132 cm³/mol. The molecule has 1 aromatic heterocycles. The maximum Gasteiger partial charge on any atom is 0.145 e. The average molecular weight is 441 g/mol. The van der Waals surface area contributed by atoms with Crippen molar-refractivity contribution in [1.29, 1.82) is 0 Å². The third-order valence-electron chi connectivity index (χ3n) is 5.63. The molecule has 0 aliphatic carbocycles. The topological polar surface area (TPSA) is 45.0 Å². The first-order valence-corrected chi connectivity index (χ1v) is 10.8. The Kier molecular flexibility index (Phi) is 6.79. The van der Waals surface area contributed by atoms with Crippen molar-refractivity contribution in [3.8, 4) is 28.4 Å². The van der Waals surface area contributed by atoms with E-state index in [1.807, 2.05) is 67.6 Å². The van der Waals surface area contributed by atoms with Crippen molar-refractivity contribution in [3.05, 3.63) is 102 Å². The molecule has 0 aliphatic heterocycles. The molecule has 0 N–H and O–H groups in total. The molecule has 0 atom stereocenters. The Morgan fingerprint density at radius 3 is 2.36 bits per heavy atom. The molecule has 3 aromatic carbocycles. The summed E-state index contributed by atoms with van der Waals surface area (Å²) in [4.78, 5) is 5.71. The third kappa shape index (κ3) is 4.77. The van der Waals surface area contributed by atoms with E-state index in [4.69, 9.17) is 14.3 Å². The first-order chi connectivity index (χ1) is 16.1. The highest BCUT2D eigenvalue weighted by molar-refractivity contribution is 6.01. The van der Waals surface area contributed by atoms with E-state index in [0.717, 1.165) is 51.0 Å². The lowest BCUT2D eigenvalue weighted by molar-refractivity contribution is 0.128. The number of para-hydroxylation sites is 1. The molecule has 0 radical (unpaired) electrons. The van der Waals surface area contributed by atoms with E-state index in [0.29, 0.717) is 6.61 Å². The Balaban J connectivity index is 1.71. The van der Waals surface area contributed by atoms with Gasteiger partial charge < -0.3 is 18.9 Å². The zero-order valence-electron chi connectivity index (χ0n) is 19.4. The molecule has 168 valence electrons. The zero-order chi connectivity index (χ0) is 23.2. The van der Waals surface area contributed by atoms with Crippen molar-refractivity contribution >= 4 is 5.71 Å². The van der Waals surface area contributed by atoms with Crippen LogP contribution in [0.3, 0.4) is 0 Å². The number of nitrogens with zero attached hydrogens (tertiary/aromatic N) is 2. The molecule has 0 bridgehead atoms. The fourth-order valence-corrected chi connectivity index (χ4v) is 3.95. The summed E-state index contributed by atoms with van der Waals surface area (Å²) in [6.45, 7) is 4.40. The van der Waals surface area contributed by atoms with Crippen molar-refractivity contribution in [1.82, 2.24) is 4.57 Å². The van der Waals surface area contributed by atoms with E-state index in [9.17, 15) is 0 Å². The second-order valence-electron chi connectivity index (χ2n) is 7.69. The lowest BCUT2D eigenvalue weighted by atomic mass is 10.1. The number of oxime groups is 1. The largest absolute Gasteiger partial charge is 0.497 e. The van der Waals surface area contributed by atoms with E-state index < -0.39 is 0 Å². The molecular weight excluding hydrogens is 412 g/mol. The molecule has 4 aromatic rings. The van der Waals surface area contributed by atoms with Gasteiger partial charge in [0.25, 0.3) is 0 Å². The average Bonchev–Trinajstić information content (AvgIpc) is 3.22. The number of rotatable bonds is 8. The van der Waals surface area contributed by atoms with Gasteiger partial charge in [-0.1, -0.05) is 59.8 Å². The van der Waals surface area contributed by atoms with Gasteiger partial charge in [-0.15, -0.1) is 0 Å². The summed E-state index contributed by atoms with van der Waals surface area (Å²) in [5.41, 5.74) is 7.09. The summed E-state index contributed by atoms with van der Waals surface area (Å²) in [7, 11) is 3.34. The summed E-state index contributed by atoms with van der Waals surface area (Å²) in [6, 6.07) is 28.3. The minimum atomic E-state index is 0.336. The van der Waals surface area contributed by atoms with Gasteiger partial charge in [0.05, 0.1) is 25.6 Å². The van der Waals surface area contributed by atoms with Gasteiger partial charge in [-0.3, -0.25) is 0 Å². The fourth-order valence-electron chi connectivity index (χ4n) is 3.95. The van der Waals surface area contributed by atoms with Gasteiger partial charge >= 0.3 is 0 Å². The van der Waals surface area contributed by atoms with Gasteiger partial charge in [0.15, 0.2) is 0 Å². The van der Waals surface area contributed by atoms with Gasteiger partial charge in [-0.2, -0.15) is 0 Å². The number of ether oxygens (including phenoxy) is 2. The van der Waals surface area contributed by atoms with E-state index in [1.54, 1.807) is 14.2 Å². The normalized spacial score (nSPS) is 11.3. The maximum absolute atomic E-state index is 5.71. The number of aromatic nitrogens is 1. The Hall–Kier alpha value is -3.99. The molecule has 0 saturated carbocycles. The molecule has 5 nitrogen and oxygen atoms in total. The van der Waals surface area contributed by atoms with Crippen LogP contribution in [0.25, 0.3) is 16.9 Å². The van der Waals surface area contributed by atoms with Crippen LogP contribution >= 0.6 is 0 Å². The van der Waals surface area contributed by atoms with Crippen LogP contribution in [0.5, 0.6) is 11.5 Å². The van der Waals surface area contributed by atoms with Crippen molar-refractivity contribution in [2.24, 2.45) is 5.16 Å². The van der Waals surface area contributed by atoms with Crippen LogP contribution < -0.4 is 9.47 Å². The number of hydrogen-bond donors (Lipinski definition) is 0. The quantitative estimate of drug-likeness (QED) is 0.235.